The lowest BCUT2D eigenvalue weighted by Gasteiger charge is -2.16. The van der Waals surface area contributed by atoms with E-state index in [1.807, 2.05) is 7.05 Å². The fourth-order valence-electron chi connectivity index (χ4n) is 2.40. The molecule has 0 aromatic carbocycles. The van der Waals surface area contributed by atoms with Crippen molar-refractivity contribution in [2.75, 3.05) is 33.3 Å². The highest BCUT2D eigenvalue weighted by molar-refractivity contribution is 5.94. The molecule has 1 fully saturated rings. The number of ether oxygens (including phenoxy) is 1. The Labute approximate surface area is 126 Å². The molecule has 122 valence electrons. The summed E-state index contributed by atoms with van der Waals surface area (Å²) in [6.45, 7) is 0.806. The van der Waals surface area contributed by atoms with Gasteiger partial charge >= 0.3 is 6.18 Å². The minimum absolute atomic E-state index is 0.150. The van der Waals surface area contributed by atoms with Gasteiger partial charge in [-0.3, -0.25) is 4.79 Å². The van der Waals surface area contributed by atoms with E-state index in [4.69, 9.17) is 0 Å². The second-order valence-corrected chi connectivity index (χ2v) is 5.25. The van der Waals surface area contributed by atoms with Crippen LogP contribution < -0.4 is 10.1 Å². The van der Waals surface area contributed by atoms with Crippen LogP contribution in [0, 0.1) is 5.92 Å². The maximum atomic E-state index is 12.3. The molecule has 5 nitrogen and oxygen atoms in total. The number of pyridine rings is 1. The highest BCUT2D eigenvalue weighted by Crippen LogP contribution is 2.20. The van der Waals surface area contributed by atoms with E-state index in [1.54, 1.807) is 4.90 Å². The van der Waals surface area contributed by atoms with Crippen molar-refractivity contribution in [2.45, 2.75) is 12.6 Å². The molecule has 1 aromatic heterocycles. The van der Waals surface area contributed by atoms with Crippen molar-refractivity contribution in [2.24, 2.45) is 5.92 Å². The van der Waals surface area contributed by atoms with Crippen molar-refractivity contribution in [3.63, 3.8) is 0 Å². The number of amides is 1. The average Bonchev–Trinajstić information content (AvgIpc) is 2.93. The standard InChI is InChI=1S/C14H18F3N3O2/c1-18-6-10-4-5-20(8-10)13(21)11-2-3-12(19-7-11)22-9-14(15,16)17/h2-3,7,10,18H,4-6,8-9H2,1H3. The first kappa shape index (κ1) is 16.5. The molecular weight excluding hydrogens is 299 g/mol. The van der Waals surface area contributed by atoms with Crippen LogP contribution in [-0.2, 0) is 0 Å². The van der Waals surface area contributed by atoms with Crippen molar-refractivity contribution < 1.29 is 22.7 Å². The number of likely N-dealkylation sites (tertiary alicyclic amines) is 1. The van der Waals surface area contributed by atoms with Crippen molar-refractivity contribution >= 4 is 5.91 Å². The minimum atomic E-state index is -4.41. The summed E-state index contributed by atoms with van der Waals surface area (Å²) in [4.78, 5) is 17.7. The summed E-state index contributed by atoms with van der Waals surface area (Å²) in [5.41, 5.74) is 0.351. The van der Waals surface area contributed by atoms with Gasteiger partial charge in [-0.05, 0) is 32.0 Å². The van der Waals surface area contributed by atoms with Gasteiger partial charge in [0.15, 0.2) is 6.61 Å². The van der Waals surface area contributed by atoms with Gasteiger partial charge in [0, 0.05) is 25.4 Å². The molecule has 1 amide bonds. The third-order valence-electron chi connectivity index (χ3n) is 3.43. The second kappa shape index (κ2) is 6.95. The van der Waals surface area contributed by atoms with Crippen molar-refractivity contribution in [1.82, 2.24) is 15.2 Å². The number of carbonyl (C=O) groups excluding carboxylic acids is 1. The third kappa shape index (κ3) is 4.59. The number of halogens is 3. The number of nitrogens with zero attached hydrogens (tertiary/aromatic N) is 2. The zero-order valence-electron chi connectivity index (χ0n) is 12.2. The summed E-state index contributed by atoms with van der Waals surface area (Å²) in [6, 6.07) is 2.71. The predicted octanol–water partition coefficient (Wildman–Crippen LogP) is 1.70. The molecule has 0 spiro atoms. The molecule has 2 rings (SSSR count). The molecule has 1 unspecified atom stereocenters. The van der Waals surface area contributed by atoms with Crippen LogP contribution >= 0.6 is 0 Å². The Morgan fingerprint density at radius 2 is 2.27 bits per heavy atom. The Morgan fingerprint density at radius 3 is 2.86 bits per heavy atom. The number of carbonyl (C=O) groups is 1. The monoisotopic (exact) mass is 317 g/mol. The summed E-state index contributed by atoms with van der Waals surface area (Å²) in [7, 11) is 1.87. The normalized spacial score (nSPS) is 18.5. The molecule has 1 aromatic rings. The topological polar surface area (TPSA) is 54.5 Å². The summed E-state index contributed by atoms with van der Waals surface area (Å²) < 4.78 is 40.6. The van der Waals surface area contributed by atoms with Crippen LogP contribution in [-0.4, -0.2) is 55.3 Å². The molecule has 0 saturated carbocycles. The molecule has 0 bridgehead atoms. The first-order valence-electron chi connectivity index (χ1n) is 6.98. The fourth-order valence-corrected chi connectivity index (χ4v) is 2.40. The molecule has 0 radical (unpaired) electrons. The van der Waals surface area contributed by atoms with E-state index in [9.17, 15) is 18.0 Å². The van der Waals surface area contributed by atoms with Crippen LogP contribution in [0.5, 0.6) is 5.88 Å². The highest BCUT2D eigenvalue weighted by Gasteiger charge is 2.29. The maximum Gasteiger partial charge on any atom is 0.422 e. The van der Waals surface area contributed by atoms with Gasteiger partial charge in [0.05, 0.1) is 5.56 Å². The lowest BCUT2D eigenvalue weighted by atomic mass is 10.1. The lowest BCUT2D eigenvalue weighted by Crippen LogP contribution is -2.30. The fraction of sp³-hybridized carbons (Fsp3) is 0.571. The first-order chi connectivity index (χ1) is 10.4. The molecule has 1 N–H and O–H groups in total. The Balaban J connectivity index is 1.91. The van der Waals surface area contributed by atoms with E-state index < -0.39 is 12.8 Å². The Hall–Kier alpha value is -1.83. The van der Waals surface area contributed by atoms with Crippen LogP contribution in [0.2, 0.25) is 0 Å². The summed E-state index contributed by atoms with van der Waals surface area (Å²) in [5, 5.41) is 3.08. The van der Waals surface area contributed by atoms with Gasteiger partial charge in [-0.1, -0.05) is 0 Å². The molecule has 22 heavy (non-hydrogen) atoms. The second-order valence-electron chi connectivity index (χ2n) is 5.25. The number of nitrogens with one attached hydrogen (secondary N) is 1. The van der Waals surface area contributed by atoms with E-state index in [-0.39, 0.29) is 11.8 Å². The molecule has 1 atom stereocenters. The Bertz CT molecular complexity index is 505. The summed E-state index contributed by atoms with van der Waals surface area (Å²) in [5.74, 6) is 0.119. The molecule has 1 aliphatic rings. The number of hydrogen-bond acceptors (Lipinski definition) is 4. The lowest BCUT2D eigenvalue weighted by molar-refractivity contribution is -0.154. The number of alkyl halides is 3. The smallest absolute Gasteiger partial charge is 0.422 e. The molecular formula is C14H18F3N3O2. The third-order valence-corrected chi connectivity index (χ3v) is 3.43. The summed E-state index contributed by atoms with van der Waals surface area (Å²) >= 11 is 0. The average molecular weight is 317 g/mol. The van der Waals surface area contributed by atoms with Gasteiger partial charge < -0.3 is 15.0 Å². The van der Waals surface area contributed by atoms with Crippen LogP contribution in [0.1, 0.15) is 16.8 Å². The number of hydrogen-bond donors (Lipinski definition) is 1. The minimum Gasteiger partial charge on any atom is -0.468 e. The van der Waals surface area contributed by atoms with Crippen LogP contribution in [0.3, 0.4) is 0 Å². The molecule has 1 saturated heterocycles. The predicted molar refractivity (Wildman–Crippen MR) is 73.7 cm³/mol. The Morgan fingerprint density at radius 1 is 1.50 bits per heavy atom. The van der Waals surface area contributed by atoms with E-state index >= 15 is 0 Å². The van der Waals surface area contributed by atoms with Gasteiger partial charge in [0.25, 0.3) is 5.91 Å². The number of rotatable bonds is 5. The van der Waals surface area contributed by atoms with E-state index in [2.05, 4.69) is 15.0 Å². The van der Waals surface area contributed by atoms with Crippen LogP contribution in [0.15, 0.2) is 18.3 Å². The Kier molecular flexibility index (Phi) is 5.23. The number of aromatic nitrogens is 1. The molecule has 0 aliphatic carbocycles. The van der Waals surface area contributed by atoms with Crippen LogP contribution in [0.4, 0.5) is 13.2 Å². The van der Waals surface area contributed by atoms with E-state index in [0.717, 1.165) is 13.0 Å². The van der Waals surface area contributed by atoms with Gasteiger partial charge in [-0.15, -0.1) is 0 Å². The first-order valence-corrected chi connectivity index (χ1v) is 6.98. The zero-order chi connectivity index (χ0) is 16.2. The van der Waals surface area contributed by atoms with Gasteiger partial charge in [0.1, 0.15) is 0 Å². The highest BCUT2D eigenvalue weighted by atomic mass is 19.4. The van der Waals surface area contributed by atoms with Gasteiger partial charge in [-0.25, -0.2) is 4.98 Å². The van der Waals surface area contributed by atoms with Crippen LogP contribution in [0.25, 0.3) is 0 Å². The van der Waals surface area contributed by atoms with Gasteiger partial charge in [-0.2, -0.15) is 13.2 Å². The van der Waals surface area contributed by atoms with E-state index in [1.165, 1.54) is 18.3 Å². The summed E-state index contributed by atoms with van der Waals surface area (Å²) in [6.07, 6.45) is -2.22. The van der Waals surface area contributed by atoms with Crippen molar-refractivity contribution in [1.29, 1.82) is 0 Å². The maximum absolute atomic E-state index is 12.3. The SMILES string of the molecule is CNCC1CCN(C(=O)c2ccc(OCC(F)(F)F)nc2)C1. The molecule has 8 heteroatoms. The van der Waals surface area contributed by atoms with E-state index in [0.29, 0.717) is 24.6 Å². The largest absolute Gasteiger partial charge is 0.468 e. The van der Waals surface area contributed by atoms with Crippen molar-refractivity contribution in [3.05, 3.63) is 23.9 Å². The zero-order valence-corrected chi connectivity index (χ0v) is 12.2. The van der Waals surface area contributed by atoms with Gasteiger partial charge in [0.2, 0.25) is 5.88 Å². The molecule has 2 heterocycles. The molecule has 1 aliphatic heterocycles. The van der Waals surface area contributed by atoms with Crippen molar-refractivity contribution in [3.8, 4) is 5.88 Å². The quantitative estimate of drug-likeness (QED) is 0.898.